The Labute approximate surface area is 106 Å². The molecular formula is C9H5BrF3NO4. The van der Waals surface area contributed by atoms with E-state index in [9.17, 15) is 27.9 Å². The van der Waals surface area contributed by atoms with Gasteiger partial charge in [0.2, 0.25) is 0 Å². The highest BCUT2D eigenvalue weighted by Crippen LogP contribution is 2.32. The smallest absolute Gasteiger partial charge is 0.471 e. The van der Waals surface area contributed by atoms with Crippen LogP contribution in [0.2, 0.25) is 0 Å². The van der Waals surface area contributed by atoms with Gasteiger partial charge in [0.05, 0.1) is 4.47 Å². The number of amides is 1. The van der Waals surface area contributed by atoms with Gasteiger partial charge >= 0.3 is 18.1 Å². The maximum absolute atomic E-state index is 12.0. The van der Waals surface area contributed by atoms with Crippen LogP contribution in [0.25, 0.3) is 0 Å². The molecule has 0 aliphatic heterocycles. The van der Waals surface area contributed by atoms with Crippen molar-refractivity contribution < 1.29 is 33.0 Å². The highest BCUT2D eigenvalue weighted by atomic mass is 79.9. The molecule has 0 atom stereocenters. The summed E-state index contributed by atoms with van der Waals surface area (Å²) in [7, 11) is 0. The number of rotatable bonds is 2. The first-order valence-electron chi connectivity index (χ1n) is 4.27. The number of hydrogen-bond acceptors (Lipinski definition) is 3. The average molecular weight is 328 g/mol. The Morgan fingerprint density at radius 1 is 1.28 bits per heavy atom. The van der Waals surface area contributed by atoms with Crippen molar-refractivity contribution in [3.05, 3.63) is 22.2 Å². The molecule has 1 rings (SSSR count). The van der Waals surface area contributed by atoms with Crippen molar-refractivity contribution in [3.8, 4) is 5.75 Å². The normalized spacial score (nSPS) is 11.1. The van der Waals surface area contributed by atoms with E-state index in [4.69, 9.17) is 5.11 Å². The fourth-order valence-corrected chi connectivity index (χ4v) is 1.50. The van der Waals surface area contributed by atoms with Crippen LogP contribution in [-0.4, -0.2) is 28.3 Å². The average Bonchev–Trinajstić information content (AvgIpc) is 2.21. The number of carboxylic acid groups (broad SMARTS) is 1. The summed E-state index contributed by atoms with van der Waals surface area (Å²) >= 11 is 2.76. The van der Waals surface area contributed by atoms with Crippen molar-refractivity contribution in [1.29, 1.82) is 0 Å². The van der Waals surface area contributed by atoms with Gasteiger partial charge in [-0.3, -0.25) is 4.79 Å². The topological polar surface area (TPSA) is 86.6 Å². The molecule has 18 heavy (non-hydrogen) atoms. The number of carboxylic acids is 1. The van der Waals surface area contributed by atoms with Crippen molar-refractivity contribution in [2.45, 2.75) is 6.18 Å². The minimum Gasteiger partial charge on any atom is -0.506 e. The second kappa shape index (κ2) is 4.84. The summed E-state index contributed by atoms with van der Waals surface area (Å²) < 4.78 is 35.8. The number of anilines is 1. The lowest BCUT2D eigenvalue weighted by molar-refractivity contribution is -0.167. The second-order valence-electron chi connectivity index (χ2n) is 3.11. The molecule has 0 aromatic heterocycles. The summed E-state index contributed by atoms with van der Waals surface area (Å²) in [5.74, 6) is -4.43. The molecular weight excluding hydrogens is 323 g/mol. The molecule has 1 amide bonds. The van der Waals surface area contributed by atoms with Crippen LogP contribution >= 0.6 is 15.9 Å². The van der Waals surface area contributed by atoms with Crippen LogP contribution in [0.1, 0.15) is 10.4 Å². The van der Waals surface area contributed by atoms with Gasteiger partial charge in [0.25, 0.3) is 0 Å². The van der Waals surface area contributed by atoms with Crippen LogP contribution in [0, 0.1) is 0 Å². The molecule has 0 radical (unpaired) electrons. The first-order valence-corrected chi connectivity index (χ1v) is 5.06. The van der Waals surface area contributed by atoms with Crippen molar-refractivity contribution in [1.82, 2.24) is 0 Å². The van der Waals surface area contributed by atoms with Gasteiger partial charge in [0.15, 0.2) is 0 Å². The summed E-state index contributed by atoms with van der Waals surface area (Å²) in [4.78, 5) is 21.3. The van der Waals surface area contributed by atoms with E-state index in [0.717, 1.165) is 6.07 Å². The van der Waals surface area contributed by atoms with E-state index < -0.39 is 35.1 Å². The maximum Gasteiger partial charge on any atom is 0.471 e. The number of carbonyl (C=O) groups is 2. The third-order valence-corrected chi connectivity index (χ3v) is 2.41. The SMILES string of the molecule is O=C(O)c1cc(NC(=O)C(F)(F)F)cc(Br)c1O. The number of aromatic hydroxyl groups is 1. The molecule has 0 aliphatic rings. The van der Waals surface area contributed by atoms with Gasteiger partial charge < -0.3 is 15.5 Å². The third-order valence-electron chi connectivity index (χ3n) is 1.81. The predicted molar refractivity (Wildman–Crippen MR) is 57.5 cm³/mol. The largest absolute Gasteiger partial charge is 0.506 e. The Balaban J connectivity index is 3.13. The van der Waals surface area contributed by atoms with E-state index in [0.29, 0.717) is 6.07 Å². The van der Waals surface area contributed by atoms with Crippen molar-refractivity contribution in [3.63, 3.8) is 0 Å². The van der Waals surface area contributed by atoms with Crippen LogP contribution in [0.3, 0.4) is 0 Å². The quantitative estimate of drug-likeness (QED) is 0.728. The highest BCUT2D eigenvalue weighted by molar-refractivity contribution is 9.10. The van der Waals surface area contributed by atoms with Gasteiger partial charge in [-0.05, 0) is 28.1 Å². The number of aromatic carboxylic acids is 1. The van der Waals surface area contributed by atoms with Crippen LogP contribution in [0.15, 0.2) is 16.6 Å². The van der Waals surface area contributed by atoms with E-state index in [1.54, 1.807) is 0 Å². The van der Waals surface area contributed by atoms with E-state index in [1.165, 1.54) is 5.32 Å². The first-order chi connectivity index (χ1) is 8.12. The van der Waals surface area contributed by atoms with Gasteiger partial charge in [-0.15, -0.1) is 0 Å². The lowest BCUT2D eigenvalue weighted by atomic mass is 10.2. The molecule has 1 aromatic carbocycles. The summed E-state index contributed by atoms with van der Waals surface area (Å²) in [6.07, 6.45) is -5.09. The molecule has 0 unspecified atom stereocenters. The number of carbonyl (C=O) groups excluding carboxylic acids is 1. The monoisotopic (exact) mass is 327 g/mol. The molecule has 0 fully saturated rings. The number of phenols is 1. The van der Waals surface area contributed by atoms with Crippen molar-refractivity contribution in [2.24, 2.45) is 0 Å². The molecule has 5 nitrogen and oxygen atoms in total. The third kappa shape index (κ3) is 3.13. The maximum atomic E-state index is 12.0. The van der Waals surface area contributed by atoms with Gasteiger partial charge in [-0.2, -0.15) is 13.2 Å². The van der Waals surface area contributed by atoms with Crippen molar-refractivity contribution in [2.75, 3.05) is 5.32 Å². The molecule has 0 saturated heterocycles. The number of halogens is 4. The molecule has 1 aromatic rings. The molecule has 9 heteroatoms. The number of alkyl halides is 3. The van der Waals surface area contributed by atoms with Gasteiger partial charge in [-0.1, -0.05) is 0 Å². The number of hydrogen-bond donors (Lipinski definition) is 3. The minimum absolute atomic E-state index is 0.153. The first kappa shape index (κ1) is 14.3. The molecule has 0 aliphatic carbocycles. The standard InChI is InChI=1S/C9H5BrF3NO4/c10-5-2-3(14-8(18)9(11,12)13)1-4(6(5)15)7(16)17/h1-2,15H,(H,14,18)(H,16,17). The lowest BCUT2D eigenvalue weighted by Crippen LogP contribution is -2.30. The predicted octanol–water partition coefficient (Wildman–Crippen LogP) is 2.35. The molecule has 98 valence electrons. The zero-order valence-corrected chi connectivity index (χ0v) is 9.96. The Morgan fingerprint density at radius 2 is 1.83 bits per heavy atom. The second-order valence-corrected chi connectivity index (χ2v) is 3.97. The number of benzene rings is 1. The van der Waals surface area contributed by atoms with Gasteiger partial charge in [0, 0.05) is 5.69 Å². The number of nitrogens with one attached hydrogen (secondary N) is 1. The molecule has 0 saturated carbocycles. The fraction of sp³-hybridized carbons (Fsp3) is 0.111. The summed E-state index contributed by atoms with van der Waals surface area (Å²) in [6, 6.07) is 1.66. The Hall–Kier alpha value is -1.77. The van der Waals surface area contributed by atoms with E-state index >= 15 is 0 Å². The van der Waals surface area contributed by atoms with Crippen LogP contribution < -0.4 is 5.32 Å². The lowest BCUT2D eigenvalue weighted by Gasteiger charge is -2.10. The minimum atomic E-state index is -5.09. The zero-order valence-electron chi connectivity index (χ0n) is 8.38. The Morgan fingerprint density at radius 3 is 2.28 bits per heavy atom. The molecule has 0 bridgehead atoms. The molecule has 3 N–H and O–H groups in total. The highest BCUT2D eigenvalue weighted by Gasteiger charge is 2.38. The summed E-state index contributed by atoms with van der Waals surface area (Å²) in [6.45, 7) is 0. The van der Waals surface area contributed by atoms with Crippen molar-refractivity contribution >= 4 is 33.5 Å². The van der Waals surface area contributed by atoms with Gasteiger partial charge in [-0.25, -0.2) is 4.79 Å². The Kier molecular flexibility index (Phi) is 3.85. The zero-order chi connectivity index (χ0) is 14.1. The van der Waals surface area contributed by atoms with E-state index in [1.807, 2.05) is 0 Å². The molecule has 0 spiro atoms. The van der Waals surface area contributed by atoms with E-state index in [2.05, 4.69) is 15.9 Å². The molecule has 0 heterocycles. The fourth-order valence-electron chi connectivity index (χ4n) is 1.04. The summed E-state index contributed by atoms with van der Waals surface area (Å²) in [5.41, 5.74) is -1.04. The van der Waals surface area contributed by atoms with Crippen LogP contribution in [-0.2, 0) is 4.79 Å². The van der Waals surface area contributed by atoms with Crippen LogP contribution in [0.5, 0.6) is 5.75 Å². The van der Waals surface area contributed by atoms with Crippen LogP contribution in [0.4, 0.5) is 18.9 Å². The van der Waals surface area contributed by atoms with E-state index in [-0.39, 0.29) is 4.47 Å². The Bertz CT molecular complexity index is 515. The van der Waals surface area contributed by atoms with Gasteiger partial charge in [0.1, 0.15) is 11.3 Å². The summed E-state index contributed by atoms with van der Waals surface area (Å²) in [5, 5.41) is 19.5.